The maximum Gasteiger partial charge on any atom is 0.220 e. The Morgan fingerprint density at radius 1 is 1.21 bits per heavy atom. The minimum Gasteiger partial charge on any atom is -0.493 e. The quantitative estimate of drug-likeness (QED) is 0.691. The van der Waals surface area contributed by atoms with Crippen LogP contribution >= 0.6 is 0 Å². The molecule has 7 nitrogen and oxygen atoms in total. The molecule has 2 aromatic carbocycles. The predicted molar refractivity (Wildman–Crippen MR) is 108 cm³/mol. The van der Waals surface area contributed by atoms with E-state index in [-0.39, 0.29) is 11.9 Å². The average Bonchev–Trinajstić information content (AvgIpc) is 3.28. The Kier molecular flexibility index (Phi) is 4.90. The summed E-state index contributed by atoms with van der Waals surface area (Å²) < 4.78 is 6.98. The molecule has 0 spiro atoms. The van der Waals surface area contributed by atoms with Gasteiger partial charge in [0.15, 0.2) is 0 Å². The first-order valence-corrected chi connectivity index (χ1v) is 8.94. The molecule has 1 unspecified atom stereocenters. The highest BCUT2D eigenvalue weighted by Crippen LogP contribution is 2.25. The zero-order chi connectivity index (χ0) is 19.5. The Morgan fingerprint density at radius 2 is 2.04 bits per heavy atom. The summed E-state index contributed by atoms with van der Waals surface area (Å²) in [5.41, 5.74) is 2.37. The molecule has 1 aliphatic rings. The summed E-state index contributed by atoms with van der Waals surface area (Å²) in [6.45, 7) is 0.475. The van der Waals surface area contributed by atoms with Crippen LogP contribution in [0.5, 0.6) is 5.88 Å². The first-order chi connectivity index (χ1) is 13.7. The predicted octanol–water partition coefficient (Wildman–Crippen LogP) is 2.05. The van der Waals surface area contributed by atoms with Gasteiger partial charge in [0, 0.05) is 14.2 Å². The van der Waals surface area contributed by atoms with Crippen LogP contribution in [-0.4, -0.2) is 34.7 Å². The van der Waals surface area contributed by atoms with Crippen LogP contribution in [-0.2, 0) is 11.8 Å². The van der Waals surface area contributed by atoms with Crippen molar-refractivity contribution < 1.29 is 9.84 Å². The van der Waals surface area contributed by atoms with Crippen LogP contribution < -0.4 is 15.9 Å². The Balaban J connectivity index is 1.66. The number of hydrogen-bond acceptors (Lipinski definition) is 6. The van der Waals surface area contributed by atoms with Crippen LogP contribution in [0.15, 0.2) is 58.5 Å². The van der Waals surface area contributed by atoms with E-state index in [0.29, 0.717) is 18.2 Å². The highest BCUT2D eigenvalue weighted by atomic mass is 16.5. The van der Waals surface area contributed by atoms with Crippen LogP contribution in [0.2, 0.25) is 0 Å². The van der Waals surface area contributed by atoms with Crippen molar-refractivity contribution in [3.05, 3.63) is 70.4 Å². The number of ether oxygens (including phenoxy) is 1. The molecular weight excluding hydrogens is 354 g/mol. The van der Waals surface area contributed by atoms with Crippen LogP contribution in [0.1, 0.15) is 17.3 Å². The van der Waals surface area contributed by atoms with E-state index in [1.807, 2.05) is 54.6 Å². The highest BCUT2D eigenvalue weighted by molar-refractivity contribution is 5.67. The second kappa shape index (κ2) is 7.66. The minimum absolute atomic E-state index is 0.0837. The van der Waals surface area contributed by atoms with Gasteiger partial charge >= 0.3 is 0 Å². The van der Waals surface area contributed by atoms with Crippen molar-refractivity contribution >= 4 is 24.1 Å². The number of rotatable bonds is 6. The third kappa shape index (κ3) is 3.52. The Morgan fingerprint density at radius 3 is 2.82 bits per heavy atom. The molecule has 0 fully saturated rings. The first kappa shape index (κ1) is 17.9. The number of aromatic hydroxyl groups is 1. The summed E-state index contributed by atoms with van der Waals surface area (Å²) in [4.78, 5) is 13.0. The van der Waals surface area contributed by atoms with Crippen molar-refractivity contribution in [2.75, 3.05) is 19.0 Å². The van der Waals surface area contributed by atoms with Crippen molar-refractivity contribution in [3.63, 3.8) is 0 Å². The van der Waals surface area contributed by atoms with Gasteiger partial charge in [-0.1, -0.05) is 36.4 Å². The summed E-state index contributed by atoms with van der Waals surface area (Å²) in [5.74, 6) is 0.643. The highest BCUT2D eigenvalue weighted by Gasteiger charge is 2.17. The molecule has 0 amide bonds. The van der Waals surface area contributed by atoms with Crippen LogP contribution in [0, 0.1) is 0 Å². The molecule has 1 atom stereocenters. The molecule has 0 radical (unpaired) electrons. The number of nitrogens with zero attached hydrogens (tertiary/aromatic N) is 4. The zero-order valence-electron chi connectivity index (χ0n) is 15.7. The molecule has 7 heteroatoms. The summed E-state index contributed by atoms with van der Waals surface area (Å²) in [7, 11) is 3.43. The molecule has 0 saturated carbocycles. The average molecular weight is 375 g/mol. The number of nitrogens with one attached hydrogen (secondary N) is 1. The van der Waals surface area contributed by atoms with E-state index < -0.39 is 0 Å². The van der Waals surface area contributed by atoms with Crippen molar-refractivity contribution in [2.24, 2.45) is 17.0 Å². The van der Waals surface area contributed by atoms with E-state index in [1.54, 1.807) is 18.7 Å². The molecule has 2 N–H and O–H groups in total. The lowest BCUT2D eigenvalue weighted by molar-refractivity contribution is 0.186. The normalized spacial score (nSPS) is 14.0. The molecule has 0 bridgehead atoms. The Bertz CT molecular complexity index is 1140. The van der Waals surface area contributed by atoms with Crippen LogP contribution in [0.4, 0.5) is 11.6 Å². The van der Waals surface area contributed by atoms with Gasteiger partial charge in [-0.05, 0) is 29.0 Å². The van der Waals surface area contributed by atoms with E-state index in [2.05, 4.69) is 20.3 Å². The lowest BCUT2D eigenvalue weighted by Crippen LogP contribution is -2.18. The Hall–Kier alpha value is -3.45. The molecule has 3 aromatic rings. The summed E-state index contributed by atoms with van der Waals surface area (Å²) in [6, 6.07) is 15.7. The van der Waals surface area contributed by atoms with Gasteiger partial charge in [0.1, 0.15) is 12.0 Å². The lowest BCUT2D eigenvalue weighted by Gasteiger charge is -2.18. The number of imidazole rings is 1. The maximum atomic E-state index is 10.5. The van der Waals surface area contributed by atoms with Gasteiger partial charge in [-0.3, -0.25) is 4.57 Å². The van der Waals surface area contributed by atoms with Gasteiger partial charge in [-0.25, -0.2) is 15.0 Å². The number of hydrogen-bond donors (Lipinski definition) is 2. The van der Waals surface area contributed by atoms with E-state index in [1.165, 1.54) is 6.34 Å². The first-order valence-electron chi connectivity index (χ1n) is 8.94. The number of aromatic nitrogens is 2. The fourth-order valence-corrected chi connectivity index (χ4v) is 3.12. The molecule has 0 saturated heterocycles. The third-order valence-corrected chi connectivity index (χ3v) is 4.63. The van der Waals surface area contributed by atoms with Gasteiger partial charge in [0.2, 0.25) is 11.8 Å². The topological polar surface area (TPSA) is 84.0 Å². The minimum atomic E-state index is -0.0875. The van der Waals surface area contributed by atoms with Crippen molar-refractivity contribution in [2.45, 2.75) is 6.04 Å². The lowest BCUT2D eigenvalue weighted by atomic mass is 10.1. The third-order valence-electron chi connectivity index (χ3n) is 4.63. The summed E-state index contributed by atoms with van der Waals surface area (Å²) in [5, 5.41) is 15.6. The molecule has 0 aliphatic carbocycles. The molecule has 1 aromatic heterocycles. The van der Waals surface area contributed by atoms with E-state index >= 15 is 0 Å². The number of aliphatic imine (C=N–C) groups is 1. The molecular formula is C21H21N5O2. The molecule has 28 heavy (non-hydrogen) atoms. The zero-order valence-corrected chi connectivity index (χ0v) is 15.7. The standard InChI is InChI=1S/C21H21N5O2/c1-26-20(27)18(11-14-8-9-16-17(10-14)23-13-22-16)24-21(26)25-19(12-28-2)15-6-4-3-5-7-15/h3-11,13,19,27H,12H2,1-2H3,(H,24,25). The van der Waals surface area contributed by atoms with Gasteiger partial charge < -0.3 is 15.2 Å². The molecule has 2 heterocycles. The monoisotopic (exact) mass is 375 g/mol. The smallest absolute Gasteiger partial charge is 0.220 e. The fourth-order valence-electron chi connectivity index (χ4n) is 3.12. The molecule has 1 aliphatic heterocycles. The number of anilines is 1. The van der Waals surface area contributed by atoms with Crippen molar-refractivity contribution in [1.82, 2.24) is 9.55 Å². The van der Waals surface area contributed by atoms with Gasteiger partial charge in [0.05, 0.1) is 23.7 Å². The summed E-state index contributed by atoms with van der Waals surface area (Å²) in [6.07, 6.45) is 3.36. The van der Waals surface area contributed by atoms with Gasteiger partial charge in [-0.15, -0.1) is 0 Å². The largest absolute Gasteiger partial charge is 0.493 e. The Labute approximate surface area is 162 Å². The second-order valence-corrected chi connectivity index (χ2v) is 6.53. The van der Waals surface area contributed by atoms with Crippen LogP contribution in [0.25, 0.3) is 6.08 Å². The maximum absolute atomic E-state index is 10.5. The second-order valence-electron chi connectivity index (χ2n) is 6.53. The summed E-state index contributed by atoms with van der Waals surface area (Å²) >= 11 is 0. The van der Waals surface area contributed by atoms with E-state index in [0.717, 1.165) is 21.8 Å². The fraction of sp³-hybridized carbons (Fsp3) is 0.190. The number of methoxy groups -OCH3 is 1. The van der Waals surface area contributed by atoms with E-state index in [4.69, 9.17) is 4.74 Å². The van der Waals surface area contributed by atoms with Crippen molar-refractivity contribution in [3.8, 4) is 5.88 Å². The number of fused-ring (bicyclic) bond motifs is 1. The SMILES string of the molecule is COCC(Nc1nc(C=c2ccc3c(c2)N=CN=3)c(O)n1C)c1ccccc1. The molecule has 142 valence electrons. The molecule has 4 rings (SSSR count). The van der Waals surface area contributed by atoms with Crippen molar-refractivity contribution in [1.29, 1.82) is 0 Å². The van der Waals surface area contributed by atoms with E-state index in [9.17, 15) is 5.11 Å². The van der Waals surface area contributed by atoms with Gasteiger partial charge in [0.25, 0.3) is 0 Å². The number of benzene rings is 2. The van der Waals surface area contributed by atoms with Crippen LogP contribution in [0.3, 0.4) is 0 Å². The van der Waals surface area contributed by atoms with Gasteiger partial charge in [-0.2, -0.15) is 0 Å².